The van der Waals surface area contributed by atoms with E-state index in [1.54, 1.807) is 37.2 Å². The van der Waals surface area contributed by atoms with Gasteiger partial charge in [-0.2, -0.15) is 5.10 Å². The summed E-state index contributed by atoms with van der Waals surface area (Å²) in [6.45, 7) is 5.49. The van der Waals surface area contributed by atoms with Crippen molar-refractivity contribution in [3.8, 4) is 33.8 Å². The Morgan fingerprint density at radius 2 is 1.95 bits per heavy atom. The van der Waals surface area contributed by atoms with Crippen LogP contribution in [0.2, 0.25) is 0 Å². The van der Waals surface area contributed by atoms with Crippen LogP contribution in [-0.2, 0) is 4.79 Å². The standard InChI is InChI=1S/C27H22FN7O2/c1-27(2,3)26(36)31-17-8-16(11-29-12-17)15-9-19-21(20(28)10-15)34-35-23(19)25-32-22-18(14-5-7-37-13-14)4-6-30-24(22)33-25/h4-13H,1-3H3,(H,31,36)(H,34,35)(H,30,32,33). The minimum absolute atomic E-state index is 0.140. The lowest BCUT2D eigenvalue weighted by atomic mass is 9.95. The summed E-state index contributed by atoms with van der Waals surface area (Å²) in [7, 11) is 0. The van der Waals surface area contributed by atoms with E-state index in [-0.39, 0.29) is 11.4 Å². The molecule has 6 rings (SSSR count). The molecular formula is C27H22FN7O2. The largest absolute Gasteiger partial charge is 0.472 e. The molecule has 3 N–H and O–H groups in total. The second-order valence-electron chi connectivity index (χ2n) is 9.77. The highest BCUT2D eigenvalue weighted by Gasteiger charge is 2.22. The molecule has 5 heterocycles. The van der Waals surface area contributed by atoms with Crippen LogP contribution in [-0.4, -0.2) is 36.0 Å². The first kappa shape index (κ1) is 22.6. The van der Waals surface area contributed by atoms with Crippen molar-refractivity contribution in [1.29, 1.82) is 0 Å². The smallest absolute Gasteiger partial charge is 0.229 e. The number of halogens is 1. The minimum Gasteiger partial charge on any atom is -0.472 e. The molecule has 184 valence electrons. The molecule has 0 bridgehead atoms. The Balaban J connectivity index is 1.43. The van der Waals surface area contributed by atoms with Gasteiger partial charge >= 0.3 is 0 Å². The number of hydrogen-bond acceptors (Lipinski definition) is 6. The number of benzene rings is 1. The van der Waals surface area contributed by atoms with Gasteiger partial charge < -0.3 is 14.7 Å². The number of aromatic nitrogens is 6. The van der Waals surface area contributed by atoms with E-state index < -0.39 is 11.2 Å². The molecule has 0 aliphatic rings. The van der Waals surface area contributed by atoms with Gasteiger partial charge in [0.25, 0.3) is 0 Å². The van der Waals surface area contributed by atoms with Gasteiger partial charge in [-0.3, -0.25) is 14.9 Å². The number of carbonyl (C=O) groups excluding carboxylic acids is 1. The van der Waals surface area contributed by atoms with Crippen molar-refractivity contribution in [2.45, 2.75) is 20.8 Å². The van der Waals surface area contributed by atoms with Crippen LogP contribution in [0.4, 0.5) is 10.1 Å². The predicted octanol–water partition coefficient (Wildman–Crippen LogP) is 5.95. The average molecular weight is 496 g/mol. The van der Waals surface area contributed by atoms with Crippen molar-refractivity contribution in [2.75, 3.05) is 5.32 Å². The van der Waals surface area contributed by atoms with Crippen LogP contribution in [0.1, 0.15) is 20.8 Å². The number of carbonyl (C=O) groups is 1. The maximum atomic E-state index is 15.2. The Bertz CT molecular complexity index is 1780. The molecule has 9 nitrogen and oxygen atoms in total. The normalized spacial score (nSPS) is 11.9. The highest BCUT2D eigenvalue weighted by molar-refractivity contribution is 5.98. The van der Waals surface area contributed by atoms with Crippen molar-refractivity contribution in [1.82, 2.24) is 30.1 Å². The number of imidazole rings is 1. The quantitative estimate of drug-likeness (QED) is 0.278. The molecule has 0 unspecified atom stereocenters. The zero-order valence-electron chi connectivity index (χ0n) is 20.3. The van der Waals surface area contributed by atoms with Crippen LogP contribution in [0.25, 0.3) is 55.8 Å². The summed E-state index contributed by atoms with van der Waals surface area (Å²) in [6, 6.07) is 8.71. The van der Waals surface area contributed by atoms with E-state index in [9.17, 15) is 4.79 Å². The summed E-state index contributed by atoms with van der Waals surface area (Å²) in [5.41, 5.74) is 4.92. The van der Waals surface area contributed by atoms with Crippen LogP contribution in [0.3, 0.4) is 0 Å². The van der Waals surface area contributed by atoms with Crippen molar-refractivity contribution >= 4 is 33.7 Å². The van der Waals surface area contributed by atoms with Crippen LogP contribution >= 0.6 is 0 Å². The van der Waals surface area contributed by atoms with E-state index >= 15 is 4.39 Å². The molecule has 37 heavy (non-hydrogen) atoms. The lowest BCUT2D eigenvalue weighted by Gasteiger charge is -2.17. The van der Waals surface area contributed by atoms with E-state index in [0.717, 1.165) is 16.6 Å². The van der Waals surface area contributed by atoms with Crippen molar-refractivity contribution in [3.63, 3.8) is 0 Å². The molecule has 0 saturated carbocycles. The van der Waals surface area contributed by atoms with Crippen LogP contribution in [0.15, 0.2) is 65.9 Å². The molecule has 10 heteroatoms. The van der Waals surface area contributed by atoms with Crippen molar-refractivity contribution in [2.24, 2.45) is 5.41 Å². The number of aromatic amines is 2. The Labute approximate surface area is 210 Å². The number of nitrogens with one attached hydrogen (secondary N) is 3. The summed E-state index contributed by atoms with van der Waals surface area (Å²) in [5.74, 6) is -0.159. The van der Waals surface area contributed by atoms with Crippen LogP contribution < -0.4 is 5.32 Å². The molecule has 0 saturated heterocycles. The van der Waals surface area contributed by atoms with Gasteiger partial charge in [-0.1, -0.05) is 20.8 Å². The number of hydrogen-bond donors (Lipinski definition) is 3. The Morgan fingerprint density at radius 1 is 1.08 bits per heavy atom. The third-order valence-electron chi connectivity index (χ3n) is 6.08. The SMILES string of the molecule is CC(C)(C)C(=O)Nc1cncc(-c2cc(F)c3n[nH]c(-c4nc5nccc(-c6ccoc6)c5[nH]4)c3c2)c1. The fourth-order valence-electron chi connectivity index (χ4n) is 4.09. The maximum absolute atomic E-state index is 15.2. The van der Waals surface area contributed by atoms with E-state index in [1.807, 2.05) is 39.0 Å². The predicted molar refractivity (Wildman–Crippen MR) is 138 cm³/mol. The number of rotatable bonds is 4. The molecule has 0 fully saturated rings. The van der Waals surface area contributed by atoms with Gasteiger partial charge in [0.15, 0.2) is 17.3 Å². The van der Waals surface area contributed by atoms with Crippen molar-refractivity contribution in [3.05, 3.63) is 67.3 Å². The molecule has 0 radical (unpaired) electrons. The third-order valence-corrected chi connectivity index (χ3v) is 6.08. The number of fused-ring (bicyclic) bond motifs is 2. The summed E-state index contributed by atoms with van der Waals surface area (Å²) in [6.07, 6.45) is 8.11. The van der Waals surface area contributed by atoms with E-state index in [0.29, 0.717) is 39.4 Å². The molecule has 5 aromatic heterocycles. The molecule has 0 spiro atoms. The fourth-order valence-corrected chi connectivity index (χ4v) is 4.09. The maximum Gasteiger partial charge on any atom is 0.229 e. The van der Waals surface area contributed by atoms with Gasteiger partial charge in [-0.15, -0.1) is 0 Å². The first-order valence-corrected chi connectivity index (χ1v) is 11.6. The number of furan rings is 1. The molecule has 0 aliphatic heterocycles. The zero-order valence-corrected chi connectivity index (χ0v) is 20.3. The Kier molecular flexibility index (Phi) is 5.11. The zero-order chi connectivity index (χ0) is 25.7. The highest BCUT2D eigenvalue weighted by Crippen LogP contribution is 2.34. The van der Waals surface area contributed by atoms with Gasteiger partial charge in [0, 0.05) is 39.9 Å². The second kappa shape index (κ2) is 8.37. The van der Waals surface area contributed by atoms with Gasteiger partial charge in [0.1, 0.15) is 11.2 Å². The summed E-state index contributed by atoms with van der Waals surface area (Å²) in [5, 5.41) is 10.5. The van der Waals surface area contributed by atoms with Crippen LogP contribution in [0.5, 0.6) is 0 Å². The van der Waals surface area contributed by atoms with Gasteiger partial charge in [-0.05, 0) is 35.9 Å². The molecule has 0 aliphatic carbocycles. The number of anilines is 1. The minimum atomic E-state index is -0.564. The number of nitrogens with zero attached hydrogens (tertiary/aromatic N) is 4. The summed E-state index contributed by atoms with van der Waals surface area (Å²) in [4.78, 5) is 29.0. The van der Waals surface area contributed by atoms with Crippen LogP contribution in [0, 0.1) is 11.2 Å². The topological polar surface area (TPSA) is 125 Å². The lowest BCUT2D eigenvalue weighted by molar-refractivity contribution is -0.123. The Hall–Kier alpha value is -4.86. The molecular weight excluding hydrogens is 473 g/mol. The molecule has 1 amide bonds. The fraction of sp³-hybridized carbons (Fsp3) is 0.148. The van der Waals surface area contributed by atoms with E-state index in [2.05, 4.69) is 35.5 Å². The molecule has 6 aromatic rings. The van der Waals surface area contributed by atoms with E-state index in [1.165, 1.54) is 6.07 Å². The number of pyridine rings is 2. The monoisotopic (exact) mass is 495 g/mol. The Morgan fingerprint density at radius 3 is 2.73 bits per heavy atom. The third kappa shape index (κ3) is 4.02. The average Bonchev–Trinajstić information content (AvgIpc) is 3.62. The van der Waals surface area contributed by atoms with Gasteiger partial charge in [-0.25, -0.2) is 14.4 Å². The molecule has 1 aromatic carbocycles. The number of amides is 1. The first-order valence-electron chi connectivity index (χ1n) is 11.6. The summed E-state index contributed by atoms with van der Waals surface area (Å²) >= 11 is 0. The van der Waals surface area contributed by atoms with Gasteiger partial charge in [0.05, 0.1) is 29.9 Å². The van der Waals surface area contributed by atoms with Gasteiger partial charge in [0.2, 0.25) is 5.91 Å². The first-order chi connectivity index (χ1) is 17.8. The van der Waals surface area contributed by atoms with E-state index in [4.69, 9.17) is 4.42 Å². The summed E-state index contributed by atoms with van der Waals surface area (Å²) < 4.78 is 20.4. The number of H-pyrrole nitrogens is 2. The lowest BCUT2D eigenvalue weighted by Crippen LogP contribution is -2.27. The molecule has 0 atom stereocenters. The van der Waals surface area contributed by atoms with Crippen molar-refractivity contribution < 1.29 is 13.6 Å². The second-order valence-corrected chi connectivity index (χ2v) is 9.77. The highest BCUT2D eigenvalue weighted by atomic mass is 19.1.